The maximum atomic E-state index is 12.3. The molecule has 1 amide bonds. The molecule has 0 bridgehead atoms. The number of allylic oxidation sites excluding steroid dienone is 2. The summed E-state index contributed by atoms with van der Waals surface area (Å²) in [4.78, 5) is 12.3. The van der Waals surface area contributed by atoms with Crippen molar-refractivity contribution < 1.29 is 25.2 Å². The lowest BCUT2D eigenvalue weighted by molar-refractivity contribution is -0.132. The van der Waals surface area contributed by atoms with E-state index in [1.54, 1.807) is 0 Å². The number of aliphatic hydroxyl groups is 4. The Hall–Kier alpha value is -0.950. The number of unbranched alkanes of at least 4 members (excludes halogenated alkanes) is 14. The highest BCUT2D eigenvalue weighted by Crippen LogP contribution is 2.14. The zero-order valence-corrected chi connectivity index (χ0v) is 22.8. The molecule has 4 unspecified atom stereocenters. The molecule has 0 heterocycles. The highest BCUT2D eigenvalue weighted by molar-refractivity contribution is 5.80. The molecule has 0 aromatic heterocycles. The molecule has 0 saturated heterocycles. The second-order valence-corrected chi connectivity index (χ2v) is 10.1. The Kier molecular flexibility index (Phi) is 24.1. The molecule has 0 radical (unpaired) electrons. The summed E-state index contributed by atoms with van der Waals surface area (Å²) in [6, 6.07) is -0.992. The van der Waals surface area contributed by atoms with E-state index in [0.717, 1.165) is 38.5 Å². The zero-order valence-electron chi connectivity index (χ0n) is 22.8. The molecule has 5 N–H and O–H groups in total. The molecule has 0 spiro atoms. The quantitative estimate of drug-likeness (QED) is 0.0835. The standard InChI is InChI=1S/C29H57NO5/c1-3-5-7-9-11-13-14-15-17-19-21-23-27(33)29(35)30-25(24-31)28(34)26(32)22-20-18-16-12-10-8-6-4-2/h12,16,25-28,31-34H,3-11,13-15,17-24H2,1-2H3,(H,30,35)/b16-12+. The molecule has 6 heteroatoms. The van der Waals surface area contributed by atoms with E-state index in [0.29, 0.717) is 12.8 Å². The third-order valence-corrected chi connectivity index (χ3v) is 6.73. The number of aliphatic hydroxyl groups excluding tert-OH is 4. The van der Waals surface area contributed by atoms with Gasteiger partial charge in [-0.15, -0.1) is 0 Å². The molecule has 6 nitrogen and oxygen atoms in total. The molecule has 0 aliphatic carbocycles. The lowest BCUT2D eigenvalue weighted by atomic mass is 10.00. The molecule has 0 saturated carbocycles. The average molecular weight is 500 g/mol. The Morgan fingerprint density at radius 2 is 1.17 bits per heavy atom. The van der Waals surface area contributed by atoms with Crippen LogP contribution in [0.3, 0.4) is 0 Å². The molecule has 0 fully saturated rings. The van der Waals surface area contributed by atoms with Crippen LogP contribution in [-0.2, 0) is 4.79 Å². The molecular weight excluding hydrogens is 442 g/mol. The first-order valence-corrected chi connectivity index (χ1v) is 14.6. The third-order valence-electron chi connectivity index (χ3n) is 6.73. The monoisotopic (exact) mass is 499 g/mol. The van der Waals surface area contributed by atoms with Gasteiger partial charge in [0.15, 0.2) is 0 Å². The predicted molar refractivity (Wildman–Crippen MR) is 145 cm³/mol. The van der Waals surface area contributed by atoms with Crippen molar-refractivity contribution in [3.05, 3.63) is 12.2 Å². The fourth-order valence-electron chi connectivity index (χ4n) is 4.28. The fraction of sp³-hybridized carbons (Fsp3) is 0.897. The second kappa shape index (κ2) is 24.7. The summed E-state index contributed by atoms with van der Waals surface area (Å²) in [5.41, 5.74) is 0. The van der Waals surface area contributed by atoms with Crippen LogP contribution in [0.5, 0.6) is 0 Å². The minimum Gasteiger partial charge on any atom is -0.394 e. The number of amides is 1. The Morgan fingerprint density at radius 3 is 1.71 bits per heavy atom. The smallest absolute Gasteiger partial charge is 0.249 e. The van der Waals surface area contributed by atoms with Crippen LogP contribution in [0.1, 0.15) is 136 Å². The number of hydrogen-bond acceptors (Lipinski definition) is 5. The highest BCUT2D eigenvalue weighted by atomic mass is 16.3. The first-order valence-electron chi connectivity index (χ1n) is 14.6. The van der Waals surface area contributed by atoms with Gasteiger partial charge in [-0.05, 0) is 38.5 Å². The van der Waals surface area contributed by atoms with Crippen molar-refractivity contribution in [3.63, 3.8) is 0 Å². The highest BCUT2D eigenvalue weighted by Gasteiger charge is 2.28. The molecule has 0 aromatic carbocycles. The van der Waals surface area contributed by atoms with Crippen molar-refractivity contribution in [3.8, 4) is 0 Å². The van der Waals surface area contributed by atoms with Crippen molar-refractivity contribution in [1.82, 2.24) is 5.32 Å². The molecule has 0 aromatic rings. The van der Waals surface area contributed by atoms with Crippen LogP contribution >= 0.6 is 0 Å². The molecule has 4 atom stereocenters. The summed E-state index contributed by atoms with van der Waals surface area (Å²) in [5.74, 6) is -0.600. The molecule has 0 aliphatic heterocycles. The number of carbonyl (C=O) groups excluding carboxylic acids is 1. The lowest BCUT2D eigenvalue weighted by Crippen LogP contribution is -2.53. The first kappa shape index (κ1) is 34.0. The van der Waals surface area contributed by atoms with Gasteiger partial charge in [-0.2, -0.15) is 0 Å². The van der Waals surface area contributed by atoms with Crippen LogP contribution in [0.2, 0.25) is 0 Å². The maximum Gasteiger partial charge on any atom is 0.249 e. The van der Waals surface area contributed by atoms with Gasteiger partial charge in [-0.3, -0.25) is 4.79 Å². The van der Waals surface area contributed by atoms with E-state index in [4.69, 9.17) is 0 Å². The van der Waals surface area contributed by atoms with Crippen LogP contribution in [-0.4, -0.2) is 57.3 Å². The third kappa shape index (κ3) is 19.9. The predicted octanol–water partition coefficient (Wildman–Crippen LogP) is 5.55. The van der Waals surface area contributed by atoms with Gasteiger partial charge in [0.05, 0.1) is 18.8 Å². The summed E-state index contributed by atoms with van der Waals surface area (Å²) in [6.45, 7) is 3.92. The first-order chi connectivity index (χ1) is 17.0. The minimum atomic E-state index is -1.27. The van der Waals surface area contributed by atoms with E-state index in [1.165, 1.54) is 70.6 Å². The largest absolute Gasteiger partial charge is 0.394 e. The van der Waals surface area contributed by atoms with Crippen LogP contribution in [0.4, 0.5) is 0 Å². The summed E-state index contributed by atoms with van der Waals surface area (Å²) in [6.07, 6.45) is 21.0. The molecule has 0 rings (SSSR count). The lowest BCUT2D eigenvalue weighted by Gasteiger charge is -2.27. The van der Waals surface area contributed by atoms with Crippen LogP contribution in [0, 0.1) is 0 Å². The van der Waals surface area contributed by atoms with E-state index >= 15 is 0 Å². The van der Waals surface area contributed by atoms with Gasteiger partial charge in [0.2, 0.25) is 5.91 Å². The SMILES string of the molecule is CCCCC/C=C/CCCC(O)C(O)C(CO)NC(=O)C(O)CCCCCCCCCCCCC. The van der Waals surface area contributed by atoms with Gasteiger partial charge in [0.1, 0.15) is 12.2 Å². The zero-order chi connectivity index (χ0) is 26.2. The Bertz CT molecular complexity index is 499. The van der Waals surface area contributed by atoms with Crippen molar-refractivity contribution in [2.75, 3.05) is 6.61 Å². The summed E-state index contributed by atoms with van der Waals surface area (Å²) in [7, 11) is 0. The second-order valence-electron chi connectivity index (χ2n) is 10.1. The summed E-state index contributed by atoms with van der Waals surface area (Å²) >= 11 is 0. The van der Waals surface area contributed by atoms with E-state index in [1.807, 2.05) is 0 Å². The fourth-order valence-corrected chi connectivity index (χ4v) is 4.28. The molecule has 0 aliphatic rings. The number of rotatable bonds is 25. The number of carbonyl (C=O) groups is 1. The average Bonchev–Trinajstić information content (AvgIpc) is 2.86. The van der Waals surface area contributed by atoms with Crippen LogP contribution in [0.15, 0.2) is 12.2 Å². The van der Waals surface area contributed by atoms with Crippen molar-refractivity contribution in [2.24, 2.45) is 0 Å². The summed E-state index contributed by atoms with van der Waals surface area (Å²) in [5, 5.41) is 42.9. The Morgan fingerprint density at radius 1 is 0.686 bits per heavy atom. The maximum absolute atomic E-state index is 12.3. The van der Waals surface area contributed by atoms with E-state index in [2.05, 4.69) is 31.3 Å². The van der Waals surface area contributed by atoms with Crippen molar-refractivity contribution >= 4 is 5.91 Å². The normalized spacial score (nSPS) is 15.3. The van der Waals surface area contributed by atoms with Crippen LogP contribution < -0.4 is 5.32 Å². The number of nitrogens with one attached hydrogen (secondary N) is 1. The van der Waals surface area contributed by atoms with Gasteiger partial charge in [-0.25, -0.2) is 0 Å². The minimum absolute atomic E-state index is 0.365. The van der Waals surface area contributed by atoms with Gasteiger partial charge in [0, 0.05) is 0 Å². The van der Waals surface area contributed by atoms with Gasteiger partial charge in [0.25, 0.3) is 0 Å². The van der Waals surface area contributed by atoms with Crippen LogP contribution in [0.25, 0.3) is 0 Å². The van der Waals surface area contributed by atoms with E-state index in [-0.39, 0.29) is 0 Å². The molecule has 35 heavy (non-hydrogen) atoms. The van der Waals surface area contributed by atoms with Crippen molar-refractivity contribution in [1.29, 1.82) is 0 Å². The Balaban J connectivity index is 3.97. The van der Waals surface area contributed by atoms with Crippen molar-refractivity contribution in [2.45, 2.75) is 160 Å². The van der Waals surface area contributed by atoms with Gasteiger partial charge >= 0.3 is 0 Å². The summed E-state index contributed by atoms with van der Waals surface area (Å²) < 4.78 is 0. The molecular formula is C29H57NO5. The van der Waals surface area contributed by atoms with E-state index in [9.17, 15) is 25.2 Å². The molecule has 208 valence electrons. The Labute approximate surface area is 215 Å². The topological polar surface area (TPSA) is 110 Å². The van der Waals surface area contributed by atoms with Gasteiger partial charge in [-0.1, -0.05) is 109 Å². The van der Waals surface area contributed by atoms with E-state index < -0.39 is 36.9 Å². The number of hydrogen-bond donors (Lipinski definition) is 5. The van der Waals surface area contributed by atoms with Gasteiger partial charge < -0.3 is 25.7 Å².